The van der Waals surface area contributed by atoms with Crippen molar-refractivity contribution in [1.29, 1.82) is 0 Å². The minimum atomic E-state index is -1.53. The van der Waals surface area contributed by atoms with Gasteiger partial charge in [0.25, 0.3) is 6.08 Å². The zero-order chi connectivity index (χ0) is 14.2. The summed E-state index contributed by atoms with van der Waals surface area (Å²) in [5.74, 6) is 0. The minimum Gasteiger partial charge on any atom is -0.173 e. The lowest BCUT2D eigenvalue weighted by molar-refractivity contribution is 0.404. The summed E-state index contributed by atoms with van der Waals surface area (Å²) in [6, 6.07) is 19.4. The smallest absolute Gasteiger partial charge is 0.173 e. The highest BCUT2D eigenvalue weighted by molar-refractivity contribution is 5.22. The van der Waals surface area contributed by atoms with E-state index in [1.54, 1.807) is 0 Å². The first-order valence-electron chi connectivity index (χ1n) is 6.86. The van der Waals surface area contributed by atoms with Gasteiger partial charge in [-0.25, -0.2) is 0 Å². The first-order valence-corrected chi connectivity index (χ1v) is 6.86. The van der Waals surface area contributed by atoms with Gasteiger partial charge in [-0.15, -0.1) is 0 Å². The van der Waals surface area contributed by atoms with Crippen molar-refractivity contribution in [2.45, 2.75) is 25.7 Å². The van der Waals surface area contributed by atoms with Gasteiger partial charge in [0.2, 0.25) is 0 Å². The second kappa shape index (κ2) is 7.59. The highest BCUT2D eigenvalue weighted by Crippen LogP contribution is 2.20. The fraction of sp³-hybridized carbons (Fsp3) is 0.222. The van der Waals surface area contributed by atoms with E-state index >= 15 is 0 Å². The maximum atomic E-state index is 13.0. The van der Waals surface area contributed by atoms with Gasteiger partial charge < -0.3 is 0 Å². The van der Waals surface area contributed by atoms with Gasteiger partial charge in [0.1, 0.15) is 0 Å². The summed E-state index contributed by atoms with van der Waals surface area (Å²) in [6.45, 7) is 0. The van der Waals surface area contributed by atoms with E-state index in [4.69, 9.17) is 0 Å². The van der Waals surface area contributed by atoms with E-state index in [0.29, 0.717) is 12.8 Å². The van der Waals surface area contributed by atoms with E-state index in [0.717, 1.165) is 18.4 Å². The molecule has 0 saturated heterocycles. The predicted octanol–water partition coefficient (Wildman–Crippen LogP) is 5.40. The molecule has 0 unspecified atom stereocenters. The first-order chi connectivity index (χ1) is 9.75. The van der Waals surface area contributed by atoms with E-state index in [1.807, 2.05) is 60.7 Å². The Morgan fingerprint density at radius 3 is 1.85 bits per heavy atom. The maximum Gasteiger partial charge on any atom is 0.269 e. The summed E-state index contributed by atoms with van der Waals surface area (Å²) < 4.78 is 26.0. The average Bonchev–Trinajstić information content (AvgIpc) is 2.48. The van der Waals surface area contributed by atoms with Crippen LogP contribution in [0.3, 0.4) is 0 Å². The molecule has 2 rings (SSSR count). The number of halogens is 2. The van der Waals surface area contributed by atoms with E-state index in [-0.39, 0.29) is 5.57 Å². The van der Waals surface area contributed by atoms with Crippen LogP contribution in [0.2, 0.25) is 0 Å². The second-order valence-corrected chi connectivity index (χ2v) is 4.87. The lowest BCUT2D eigenvalue weighted by Crippen LogP contribution is -1.94. The normalized spacial score (nSPS) is 10.3. The highest BCUT2D eigenvalue weighted by atomic mass is 19.3. The third kappa shape index (κ3) is 4.61. The third-order valence-corrected chi connectivity index (χ3v) is 3.31. The van der Waals surface area contributed by atoms with Crippen molar-refractivity contribution in [3.8, 4) is 0 Å². The van der Waals surface area contributed by atoms with Crippen LogP contribution in [0.25, 0.3) is 0 Å². The Labute approximate surface area is 118 Å². The monoisotopic (exact) mass is 272 g/mol. The van der Waals surface area contributed by atoms with Crippen molar-refractivity contribution in [2.24, 2.45) is 0 Å². The van der Waals surface area contributed by atoms with Crippen LogP contribution < -0.4 is 0 Å². The van der Waals surface area contributed by atoms with Gasteiger partial charge in [-0.2, -0.15) is 8.78 Å². The number of hydrogen-bond acceptors (Lipinski definition) is 0. The molecule has 0 amide bonds. The third-order valence-electron chi connectivity index (χ3n) is 3.31. The Morgan fingerprint density at radius 2 is 1.30 bits per heavy atom. The Bertz CT molecular complexity index is 540. The number of rotatable bonds is 6. The fourth-order valence-electron chi connectivity index (χ4n) is 2.24. The zero-order valence-electron chi connectivity index (χ0n) is 11.4. The van der Waals surface area contributed by atoms with Crippen LogP contribution >= 0.6 is 0 Å². The maximum absolute atomic E-state index is 13.0. The minimum absolute atomic E-state index is 0.257. The standard InChI is InChI=1S/C18H18F2/c19-18(20)17(14-16-10-5-2-6-11-16)13-7-12-15-8-3-1-4-9-15/h1-6,8-11H,7,12-14H2. The molecule has 0 aromatic heterocycles. The summed E-state index contributed by atoms with van der Waals surface area (Å²) in [5, 5.41) is 0. The lowest BCUT2D eigenvalue weighted by atomic mass is 9.99. The summed E-state index contributed by atoms with van der Waals surface area (Å²) in [7, 11) is 0. The fourth-order valence-corrected chi connectivity index (χ4v) is 2.24. The molecule has 0 atom stereocenters. The molecule has 2 aromatic carbocycles. The molecule has 0 N–H and O–H groups in total. The number of benzene rings is 2. The van der Waals surface area contributed by atoms with Crippen molar-refractivity contribution in [1.82, 2.24) is 0 Å². The quantitative estimate of drug-likeness (QED) is 0.660. The molecular weight excluding hydrogens is 254 g/mol. The van der Waals surface area contributed by atoms with Crippen LogP contribution in [-0.4, -0.2) is 0 Å². The number of allylic oxidation sites excluding steroid dienone is 1. The van der Waals surface area contributed by atoms with Crippen LogP contribution in [0, 0.1) is 0 Å². The van der Waals surface area contributed by atoms with Gasteiger partial charge in [0.05, 0.1) is 0 Å². The zero-order valence-corrected chi connectivity index (χ0v) is 11.4. The first kappa shape index (κ1) is 14.4. The molecule has 0 aliphatic carbocycles. The molecule has 104 valence electrons. The molecule has 0 saturated carbocycles. The number of hydrogen-bond donors (Lipinski definition) is 0. The van der Waals surface area contributed by atoms with Gasteiger partial charge in [-0.05, 0) is 42.4 Å². The van der Waals surface area contributed by atoms with Crippen molar-refractivity contribution in [3.63, 3.8) is 0 Å². The molecule has 0 radical (unpaired) electrons. The van der Waals surface area contributed by atoms with Crippen molar-refractivity contribution >= 4 is 0 Å². The van der Waals surface area contributed by atoms with Gasteiger partial charge in [-0.1, -0.05) is 60.7 Å². The van der Waals surface area contributed by atoms with Crippen LogP contribution in [0.4, 0.5) is 8.78 Å². The van der Waals surface area contributed by atoms with Gasteiger partial charge in [0.15, 0.2) is 0 Å². The van der Waals surface area contributed by atoms with E-state index in [9.17, 15) is 8.78 Å². The molecule has 0 bridgehead atoms. The predicted molar refractivity (Wildman–Crippen MR) is 78.8 cm³/mol. The molecule has 0 nitrogen and oxygen atoms in total. The molecule has 20 heavy (non-hydrogen) atoms. The van der Waals surface area contributed by atoms with Crippen molar-refractivity contribution in [3.05, 3.63) is 83.4 Å². The molecule has 0 aliphatic rings. The van der Waals surface area contributed by atoms with E-state index in [2.05, 4.69) is 0 Å². The Morgan fingerprint density at radius 1 is 0.750 bits per heavy atom. The molecule has 0 spiro atoms. The highest BCUT2D eigenvalue weighted by Gasteiger charge is 2.07. The number of aryl methyl sites for hydroxylation is 1. The largest absolute Gasteiger partial charge is 0.269 e. The van der Waals surface area contributed by atoms with Gasteiger partial charge in [-0.3, -0.25) is 0 Å². The summed E-state index contributed by atoms with van der Waals surface area (Å²) >= 11 is 0. The SMILES string of the molecule is FC(F)=C(CCCc1ccccc1)Cc1ccccc1. The van der Waals surface area contributed by atoms with Crippen molar-refractivity contribution < 1.29 is 8.78 Å². The molecule has 0 fully saturated rings. The second-order valence-electron chi connectivity index (χ2n) is 4.87. The lowest BCUT2D eigenvalue weighted by Gasteiger charge is -2.07. The van der Waals surface area contributed by atoms with Gasteiger partial charge >= 0.3 is 0 Å². The molecule has 2 heteroatoms. The summed E-state index contributed by atoms with van der Waals surface area (Å²) in [5.41, 5.74) is 2.40. The molecule has 0 heterocycles. The topological polar surface area (TPSA) is 0 Å². The van der Waals surface area contributed by atoms with Crippen LogP contribution in [0.1, 0.15) is 24.0 Å². The van der Waals surface area contributed by atoms with Crippen molar-refractivity contribution in [2.75, 3.05) is 0 Å². The summed E-state index contributed by atoms with van der Waals surface area (Å²) in [4.78, 5) is 0. The Kier molecular flexibility index (Phi) is 5.48. The Hall–Kier alpha value is -1.96. The van der Waals surface area contributed by atoms with E-state index in [1.165, 1.54) is 5.56 Å². The molecular formula is C18H18F2. The average molecular weight is 272 g/mol. The van der Waals surface area contributed by atoms with Crippen LogP contribution in [0.15, 0.2) is 72.3 Å². The molecule has 0 aliphatic heterocycles. The molecule has 2 aromatic rings. The van der Waals surface area contributed by atoms with Gasteiger partial charge in [0, 0.05) is 0 Å². The summed E-state index contributed by atoms with van der Waals surface area (Å²) in [6.07, 6.45) is 0.863. The Balaban J connectivity index is 1.89. The van der Waals surface area contributed by atoms with Crippen LogP contribution in [0.5, 0.6) is 0 Å². The van der Waals surface area contributed by atoms with E-state index < -0.39 is 6.08 Å². The van der Waals surface area contributed by atoms with Crippen LogP contribution in [-0.2, 0) is 12.8 Å².